The Balaban J connectivity index is 1.51. The second kappa shape index (κ2) is 18.2. The number of hydrogen-bond acceptors (Lipinski definition) is 8. The fraction of sp³-hybridized carbons (Fsp3) is 0.317. The summed E-state index contributed by atoms with van der Waals surface area (Å²) in [5.74, 6) is -1.66. The summed E-state index contributed by atoms with van der Waals surface area (Å²) >= 11 is 0. The van der Waals surface area contributed by atoms with Crippen LogP contribution in [-0.2, 0) is 32.3 Å². The van der Waals surface area contributed by atoms with Gasteiger partial charge in [-0.15, -0.1) is 0 Å². The maximum absolute atomic E-state index is 14.7. The van der Waals surface area contributed by atoms with Crippen LogP contribution in [0, 0.1) is 5.92 Å². The highest BCUT2D eigenvalue weighted by atomic mass is 16.5. The van der Waals surface area contributed by atoms with Crippen molar-refractivity contribution in [1.82, 2.24) is 20.7 Å². The van der Waals surface area contributed by atoms with Gasteiger partial charge in [0.25, 0.3) is 11.8 Å². The number of amides is 4. The fourth-order valence-electron chi connectivity index (χ4n) is 6.07. The first-order valence-corrected chi connectivity index (χ1v) is 17.9. The molecule has 0 bridgehead atoms. The van der Waals surface area contributed by atoms with E-state index >= 15 is 0 Å². The Hall–Kier alpha value is -5.72. The first-order valence-electron chi connectivity index (χ1n) is 17.9. The van der Waals surface area contributed by atoms with E-state index in [1.54, 1.807) is 25.3 Å². The molecule has 0 saturated heterocycles. The summed E-state index contributed by atoms with van der Waals surface area (Å²) in [4.78, 5) is 58.1. The zero-order valence-corrected chi connectivity index (χ0v) is 30.4. The lowest BCUT2D eigenvalue weighted by molar-refractivity contribution is -0.147. The molecule has 278 valence electrons. The molecule has 0 fully saturated rings. The molecule has 53 heavy (non-hydrogen) atoms. The van der Waals surface area contributed by atoms with Crippen LogP contribution in [-0.4, -0.2) is 63.7 Å². The summed E-state index contributed by atoms with van der Waals surface area (Å²) in [6.45, 7) is 5.53. The molecule has 4 atom stereocenters. The normalized spacial score (nSPS) is 14.8. The highest BCUT2D eigenvalue weighted by Crippen LogP contribution is 2.34. The van der Waals surface area contributed by atoms with Crippen molar-refractivity contribution < 1.29 is 29.0 Å². The van der Waals surface area contributed by atoms with Crippen LogP contribution in [0.2, 0.25) is 0 Å². The monoisotopic (exact) mass is 720 g/mol. The van der Waals surface area contributed by atoms with E-state index in [1.165, 1.54) is 4.90 Å². The van der Waals surface area contributed by atoms with Crippen LogP contribution < -0.4 is 21.4 Å². The fourth-order valence-corrected chi connectivity index (χ4v) is 6.07. The van der Waals surface area contributed by atoms with Crippen molar-refractivity contribution in [3.63, 3.8) is 0 Å². The summed E-state index contributed by atoms with van der Waals surface area (Å²) in [5.41, 5.74) is 11.4. The van der Waals surface area contributed by atoms with E-state index in [4.69, 9.17) is 10.5 Å². The average molecular weight is 721 g/mol. The molecule has 5 rings (SSSR count). The van der Waals surface area contributed by atoms with E-state index in [0.29, 0.717) is 11.3 Å². The number of carbonyl (C=O) groups excluding carboxylic acids is 4. The minimum Gasteiger partial charge on any atom is -0.445 e. The van der Waals surface area contributed by atoms with Gasteiger partial charge in [0.05, 0.1) is 18.3 Å². The van der Waals surface area contributed by atoms with Gasteiger partial charge in [-0.25, -0.2) is 9.80 Å². The molecular weight excluding hydrogens is 672 g/mol. The Morgan fingerprint density at radius 3 is 2.21 bits per heavy atom. The van der Waals surface area contributed by atoms with Crippen molar-refractivity contribution in [2.45, 2.75) is 71.4 Å². The van der Waals surface area contributed by atoms with E-state index in [9.17, 15) is 24.3 Å². The number of nitrogens with two attached hydrogens (primary N) is 1. The second-order valence-corrected chi connectivity index (χ2v) is 13.4. The van der Waals surface area contributed by atoms with E-state index in [2.05, 4.69) is 10.7 Å². The number of anilines is 1. The number of ether oxygens (including phenoxy) is 1. The van der Waals surface area contributed by atoms with Gasteiger partial charge in [-0.2, -0.15) is 0 Å². The summed E-state index contributed by atoms with van der Waals surface area (Å²) in [7, 11) is 0. The van der Waals surface area contributed by atoms with Crippen LogP contribution in [0.15, 0.2) is 115 Å². The predicted molar refractivity (Wildman–Crippen MR) is 203 cm³/mol. The van der Waals surface area contributed by atoms with Crippen molar-refractivity contribution in [2.75, 3.05) is 11.6 Å². The molecule has 5 N–H and O–H groups in total. The number of hydrazine groups is 1. The number of aliphatic hydroxyl groups excluding tert-OH is 1. The summed E-state index contributed by atoms with van der Waals surface area (Å²) in [6, 6.07) is 29.8. The Morgan fingerprint density at radius 1 is 0.887 bits per heavy atom. The average Bonchev–Trinajstić information content (AvgIpc) is 3.59. The number of alkyl carbamates (subject to hydrolysis) is 1. The molecule has 1 aliphatic rings. The number of carbonyl (C=O) groups is 4. The standard InChI is InChI=1S/C41H48N6O6/c1-4-28(2)22-37(48)38(49)44-47(24-30-14-7-5-8-15-30)40(51)35(43-41(52)53-26-31-16-9-6-10-17-31)23-33-25-45(39(50)29(3)42)27-46(33)36-21-13-19-32-18-11-12-20-34(32)36/h5-21,25,28-29,35,37,48H,4,22-24,26-27,42H2,1-3H3,(H,43,52)(H,44,49)/t28?,29-,35+,37-/m0/s1. The third kappa shape index (κ3) is 10.2. The Labute approximate surface area is 310 Å². The van der Waals surface area contributed by atoms with Crippen molar-refractivity contribution in [2.24, 2.45) is 11.7 Å². The molecule has 0 aromatic heterocycles. The minimum atomic E-state index is -1.37. The van der Waals surface area contributed by atoms with Gasteiger partial charge >= 0.3 is 6.09 Å². The summed E-state index contributed by atoms with van der Waals surface area (Å²) in [6.07, 6.45) is 0.297. The lowest BCUT2D eigenvalue weighted by Gasteiger charge is -2.31. The molecule has 4 aromatic carbocycles. The van der Waals surface area contributed by atoms with Crippen LogP contribution in [0.4, 0.5) is 10.5 Å². The highest BCUT2D eigenvalue weighted by Gasteiger charge is 2.35. The maximum Gasteiger partial charge on any atom is 0.408 e. The molecule has 0 saturated carbocycles. The molecule has 1 unspecified atom stereocenters. The smallest absolute Gasteiger partial charge is 0.408 e. The van der Waals surface area contributed by atoms with Crippen LogP contribution in [0.5, 0.6) is 0 Å². The number of nitrogens with one attached hydrogen (secondary N) is 2. The van der Waals surface area contributed by atoms with Gasteiger partial charge in [-0.1, -0.05) is 117 Å². The van der Waals surface area contributed by atoms with Crippen molar-refractivity contribution in [3.8, 4) is 0 Å². The molecule has 0 spiro atoms. The maximum atomic E-state index is 14.7. The molecule has 12 heteroatoms. The molecule has 0 aliphatic carbocycles. The quantitative estimate of drug-likeness (QED) is 0.130. The first-order chi connectivity index (χ1) is 25.5. The number of nitrogens with zero attached hydrogens (tertiary/aromatic N) is 3. The van der Waals surface area contributed by atoms with E-state index in [-0.39, 0.29) is 44.5 Å². The predicted octanol–water partition coefficient (Wildman–Crippen LogP) is 5.18. The molecule has 4 aromatic rings. The van der Waals surface area contributed by atoms with Crippen LogP contribution >= 0.6 is 0 Å². The van der Waals surface area contributed by atoms with Gasteiger partial charge in [0, 0.05) is 23.7 Å². The highest BCUT2D eigenvalue weighted by molar-refractivity contribution is 5.96. The molecule has 1 heterocycles. The third-order valence-electron chi connectivity index (χ3n) is 9.21. The lowest BCUT2D eigenvalue weighted by atomic mass is 10.0. The summed E-state index contributed by atoms with van der Waals surface area (Å²) < 4.78 is 5.54. The van der Waals surface area contributed by atoms with Crippen molar-refractivity contribution >= 4 is 40.3 Å². The van der Waals surface area contributed by atoms with Gasteiger partial charge < -0.3 is 25.8 Å². The Kier molecular flexibility index (Phi) is 13.2. The van der Waals surface area contributed by atoms with Gasteiger partial charge in [-0.3, -0.25) is 24.7 Å². The number of fused-ring (bicyclic) bond motifs is 1. The zero-order valence-electron chi connectivity index (χ0n) is 30.4. The SMILES string of the molecule is CCC(C)C[C@H](O)C(=O)NN(Cc1ccccc1)C(=O)[C@@H](CC1=CN(C(=O)[C@H](C)N)CN1c1cccc2ccccc12)NC(=O)OCc1ccccc1. The van der Waals surface area contributed by atoms with Crippen LogP contribution in [0.25, 0.3) is 10.8 Å². The summed E-state index contributed by atoms with van der Waals surface area (Å²) in [5, 5.41) is 16.5. The number of hydrogen-bond donors (Lipinski definition) is 4. The van der Waals surface area contributed by atoms with Crippen LogP contribution in [0.1, 0.15) is 51.2 Å². The van der Waals surface area contributed by atoms with E-state index in [0.717, 1.165) is 33.5 Å². The zero-order chi connectivity index (χ0) is 37.9. The molecule has 0 radical (unpaired) electrons. The number of aliphatic hydroxyl groups is 1. The van der Waals surface area contributed by atoms with Crippen LogP contribution in [0.3, 0.4) is 0 Å². The molecule has 12 nitrogen and oxygen atoms in total. The van der Waals surface area contributed by atoms with Gasteiger partial charge in [0.2, 0.25) is 5.91 Å². The van der Waals surface area contributed by atoms with Crippen molar-refractivity contribution in [3.05, 3.63) is 126 Å². The molecular formula is C41H48N6O6. The van der Waals surface area contributed by atoms with Gasteiger partial charge in [0.1, 0.15) is 25.4 Å². The van der Waals surface area contributed by atoms with Gasteiger partial charge in [0.15, 0.2) is 0 Å². The minimum absolute atomic E-state index is 0.0403. The Bertz CT molecular complexity index is 1900. The molecule has 1 aliphatic heterocycles. The Morgan fingerprint density at radius 2 is 1.53 bits per heavy atom. The van der Waals surface area contributed by atoms with E-state index < -0.39 is 36.1 Å². The second-order valence-electron chi connectivity index (χ2n) is 13.4. The number of benzene rings is 4. The molecule has 4 amide bonds. The lowest BCUT2D eigenvalue weighted by Crippen LogP contribution is -2.56. The first kappa shape index (κ1) is 38.5. The third-order valence-corrected chi connectivity index (χ3v) is 9.21. The number of rotatable bonds is 14. The topological polar surface area (TPSA) is 158 Å². The van der Waals surface area contributed by atoms with E-state index in [1.807, 2.05) is 110 Å². The van der Waals surface area contributed by atoms with Gasteiger partial charge in [-0.05, 0) is 41.8 Å². The van der Waals surface area contributed by atoms with Crippen molar-refractivity contribution in [1.29, 1.82) is 0 Å². The largest absolute Gasteiger partial charge is 0.445 e.